The van der Waals surface area contributed by atoms with Crippen LogP contribution in [0.4, 0.5) is 0 Å². The predicted molar refractivity (Wildman–Crippen MR) is 65.7 cm³/mol. The quantitative estimate of drug-likeness (QED) is 0.646. The molecule has 86 valence electrons. The van der Waals surface area contributed by atoms with Gasteiger partial charge in [-0.1, -0.05) is 0 Å². The monoisotopic (exact) mass is 235 g/mol. The van der Waals surface area contributed by atoms with E-state index in [9.17, 15) is 0 Å². The molecule has 3 heterocycles. The van der Waals surface area contributed by atoms with E-state index in [1.165, 1.54) is 0 Å². The Morgan fingerprint density at radius 1 is 1.22 bits per heavy atom. The molecular weight excluding hydrogens is 226 g/mol. The fraction of sp³-hybridized carbons (Fsp3) is 0.0769. The topological polar surface area (TPSA) is 66.9 Å². The number of hydrogen-bond acceptors (Lipinski definition) is 4. The lowest BCUT2D eigenvalue weighted by Crippen LogP contribution is -1.92. The van der Waals surface area contributed by atoms with E-state index in [4.69, 9.17) is 5.26 Å². The van der Waals surface area contributed by atoms with Gasteiger partial charge in [0.15, 0.2) is 11.5 Å². The van der Waals surface area contributed by atoms with Crippen molar-refractivity contribution in [2.45, 2.75) is 6.92 Å². The Labute approximate surface area is 103 Å². The van der Waals surface area contributed by atoms with Crippen LogP contribution in [0.5, 0.6) is 0 Å². The SMILES string of the molecule is Cc1cc(-c2nnc3ccc(C#N)cn23)ccn1. The molecule has 0 bridgehead atoms. The highest BCUT2D eigenvalue weighted by atomic mass is 15.2. The maximum absolute atomic E-state index is 8.93. The first-order valence-electron chi connectivity index (χ1n) is 5.46. The first-order valence-corrected chi connectivity index (χ1v) is 5.46. The summed E-state index contributed by atoms with van der Waals surface area (Å²) < 4.78 is 1.81. The molecule has 0 amide bonds. The fourth-order valence-electron chi connectivity index (χ4n) is 1.84. The Morgan fingerprint density at radius 3 is 2.89 bits per heavy atom. The van der Waals surface area contributed by atoms with Crippen LogP contribution in [0.25, 0.3) is 17.0 Å². The van der Waals surface area contributed by atoms with Crippen molar-refractivity contribution in [3.05, 3.63) is 47.9 Å². The smallest absolute Gasteiger partial charge is 0.168 e. The van der Waals surface area contributed by atoms with Crippen LogP contribution in [-0.4, -0.2) is 19.6 Å². The molecule has 0 saturated heterocycles. The molecule has 3 rings (SSSR count). The largest absolute Gasteiger partial charge is 0.281 e. The first-order chi connectivity index (χ1) is 8.78. The summed E-state index contributed by atoms with van der Waals surface area (Å²) in [7, 11) is 0. The summed E-state index contributed by atoms with van der Waals surface area (Å²) in [5.74, 6) is 0.715. The molecule has 5 heteroatoms. The summed E-state index contributed by atoms with van der Waals surface area (Å²) in [5.41, 5.74) is 3.15. The highest BCUT2D eigenvalue weighted by molar-refractivity contribution is 5.60. The molecule has 3 aromatic heterocycles. The van der Waals surface area contributed by atoms with Gasteiger partial charge in [0, 0.05) is 23.7 Å². The van der Waals surface area contributed by atoms with Crippen LogP contribution in [0.15, 0.2) is 36.7 Å². The van der Waals surface area contributed by atoms with Gasteiger partial charge in [-0.15, -0.1) is 10.2 Å². The zero-order valence-electron chi connectivity index (χ0n) is 9.70. The average molecular weight is 235 g/mol. The Bertz CT molecular complexity index is 766. The van der Waals surface area contributed by atoms with Gasteiger partial charge in [0.2, 0.25) is 0 Å². The van der Waals surface area contributed by atoms with Gasteiger partial charge < -0.3 is 0 Å². The van der Waals surface area contributed by atoms with Gasteiger partial charge in [0.1, 0.15) is 6.07 Å². The molecule has 0 aliphatic rings. The molecule has 18 heavy (non-hydrogen) atoms. The first kappa shape index (κ1) is 10.4. The third-order valence-electron chi connectivity index (χ3n) is 2.69. The average Bonchev–Trinajstić information content (AvgIpc) is 2.81. The molecule has 0 fully saturated rings. The van der Waals surface area contributed by atoms with Crippen LogP contribution in [0, 0.1) is 18.3 Å². The van der Waals surface area contributed by atoms with Gasteiger partial charge >= 0.3 is 0 Å². The molecule has 0 spiro atoms. The molecule has 0 radical (unpaired) electrons. The van der Waals surface area contributed by atoms with E-state index in [1.54, 1.807) is 24.5 Å². The number of aryl methyl sites for hydroxylation is 1. The third kappa shape index (κ3) is 1.60. The predicted octanol–water partition coefficient (Wildman–Crippen LogP) is 1.97. The second kappa shape index (κ2) is 3.93. The van der Waals surface area contributed by atoms with E-state index in [1.807, 2.05) is 23.5 Å². The van der Waals surface area contributed by atoms with E-state index >= 15 is 0 Å². The van der Waals surface area contributed by atoms with Crippen LogP contribution in [0.3, 0.4) is 0 Å². The maximum atomic E-state index is 8.93. The number of fused-ring (bicyclic) bond motifs is 1. The summed E-state index contributed by atoms with van der Waals surface area (Å²) >= 11 is 0. The molecule has 0 unspecified atom stereocenters. The van der Waals surface area contributed by atoms with E-state index in [0.29, 0.717) is 11.4 Å². The summed E-state index contributed by atoms with van der Waals surface area (Å²) in [6, 6.07) is 9.44. The molecule has 0 aliphatic heterocycles. The van der Waals surface area contributed by atoms with Crippen molar-refractivity contribution in [3.8, 4) is 17.5 Å². The minimum Gasteiger partial charge on any atom is -0.281 e. The van der Waals surface area contributed by atoms with Crippen molar-refractivity contribution >= 4 is 5.65 Å². The van der Waals surface area contributed by atoms with Crippen LogP contribution in [0.2, 0.25) is 0 Å². The molecule has 0 N–H and O–H groups in total. The van der Waals surface area contributed by atoms with Crippen molar-refractivity contribution in [1.29, 1.82) is 5.26 Å². The lowest BCUT2D eigenvalue weighted by molar-refractivity contribution is 1.10. The third-order valence-corrected chi connectivity index (χ3v) is 2.69. The van der Waals surface area contributed by atoms with E-state index in [-0.39, 0.29) is 0 Å². The second-order valence-corrected chi connectivity index (χ2v) is 3.97. The molecule has 0 aromatic carbocycles. The number of hydrogen-bond donors (Lipinski definition) is 0. The zero-order chi connectivity index (χ0) is 12.5. The standard InChI is InChI=1S/C13H9N5/c1-9-6-11(4-5-15-9)13-17-16-12-3-2-10(7-14)8-18(12)13/h2-6,8H,1H3. The summed E-state index contributed by atoms with van der Waals surface area (Å²) in [6.07, 6.45) is 3.47. The highest BCUT2D eigenvalue weighted by Crippen LogP contribution is 2.18. The Morgan fingerprint density at radius 2 is 2.11 bits per heavy atom. The molecule has 0 saturated carbocycles. The number of nitrogens with zero attached hydrogens (tertiary/aromatic N) is 5. The van der Waals surface area contributed by atoms with Gasteiger partial charge in [-0.05, 0) is 31.2 Å². The molecule has 3 aromatic rings. The number of rotatable bonds is 1. The maximum Gasteiger partial charge on any atom is 0.168 e. The Balaban J connectivity index is 2.27. The van der Waals surface area contributed by atoms with Crippen molar-refractivity contribution < 1.29 is 0 Å². The highest BCUT2D eigenvalue weighted by Gasteiger charge is 2.08. The zero-order valence-corrected chi connectivity index (χ0v) is 9.70. The van der Waals surface area contributed by atoms with Crippen molar-refractivity contribution in [3.63, 3.8) is 0 Å². The van der Waals surface area contributed by atoms with E-state index < -0.39 is 0 Å². The van der Waals surface area contributed by atoms with Gasteiger partial charge in [-0.25, -0.2) is 0 Å². The van der Waals surface area contributed by atoms with Gasteiger partial charge in [0.25, 0.3) is 0 Å². The van der Waals surface area contributed by atoms with Crippen LogP contribution < -0.4 is 0 Å². The summed E-state index contributed by atoms with van der Waals surface area (Å²) in [6.45, 7) is 1.92. The lowest BCUT2D eigenvalue weighted by Gasteiger charge is -2.01. The molecular formula is C13H9N5. The lowest BCUT2D eigenvalue weighted by atomic mass is 10.2. The van der Waals surface area contributed by atoms with Crippen molar-refractivity contribution in [2.24, 2.45) is 0 Å². The van der Waals surface area contributed by atoms with Crippen molar-refractivity contribution in [1.82, 2.24) is 19.6 Å². The summed E-state index contributed by atoms with van der Waals surface area (Å²) in [4.78, 5) is 4.15. The van der Waals surface area contributed by atoms with Crippen LogP contribution >= 0.6 is 0 Å². The Hall–Kier alpha value is -2.74. The number of nitriles is 1. The second-order valence-electron chi connectivity index (χ2n) is 3.97. The van der Waals surface area contributed by atoms with Crippen LogP contribution in [0.1, 0.15) is 11.3 Å². The van der Waals surface area contributed by atoms with Gasteiger partial charge in [-0.2, -0.15) is 5.26 Å². The van der Waals surface area contributed by atoms with E-state index in [0.717, 1.165) is 16.9 Å². The molecule has 0 atom stereocenters. The Kier molecular flexibility index (Phi) is 2.27. The van der Waals surface area contributed by atoms with E-state index in [2.05, 4.69) is 21.3 Å². The summed E-state index contributed by atoms with van der Waals surface area (Å²) in [5, 5.41) is 17.2. The minimum absolute atomic E-state index is 0.578. The van der Waals surface area contributed by atoms with Crippen molar-refractivity contribution in [2.75, 3.05) is 0 Å². The van der Waals surface area contributed by atoms with Crippen LogP contribution in [-0.2, 0) is 0 Å². The molecule has 5 nitrogen and oxygen atoms in total. The minimum atomic E-state index is 0.578. The van der Waals surface area contributed by atoms with Gasteiger partial charge in [-0.3, -0.25) is 9.38 Å². The number of aromatic nitrogens is 4. The molecule has 0 aliphatic carbocycles. The normalized spacial score (nSPS) is 10.4. The number of pyridine rings is 2. The van der Waals surface area contributed by atoms with Gasteiger partial charge in [0.05, 0.1) is 5.56 Å². The fourth-order valence-corrected chi connectivity index (χ4v) is 1.84.